The van der Waals surface area contributed by atoms with Gasteiger partial charge in [0.25, 0.3) is 0 Å². The van der Waals surface area contributed by atoms with Crippen LogP contribution in [0.25, 0.3) is 11.0 Å². The van der Waals surface area contributed by atoms with Crippen molar-refractivity contribution < 1.29 is 23.4 Å². The average Bonchev–Trinajstić information content (AvgIpc) is 3.31. The maximum atomic E-state index is 14.7. The molecule has 3 aliphatic heterocycles. The molecule has 0 spiro atoms. The fraction of sp³-hybridized carbons (Fsp3) is 0.412. The number of hydrogen-bond donors (Lipinski definition) is 0. The van der Waals surface area contributed by atoms with Crippen LogP contribution >= 0.6 is 11.6 Å². The van der Waals surface area contributed by atoms with Crippen LogP contribution in [0.1, 0.15) is 72.4 Å². The lowest BCUT2D eigenvalue weighted by Gasteiger charge is -2.39. The Hall–Kier alpha value is -3.46. The van der Waals surface area contributed by atoms with Crippen LogP contribution in [0.15, 0.2) is 54.6 Å². The van der Waals surface area contributed by atoms with Gasteiger partial charge in [-0.1, -0.05) is 29.8 Å². The number of aromatic nitrogens is 2. The number of benzene rings is 3. The van der Waals surface area contributed by atoms with E-state index in [4.69, 9.17) is 30.8 Å². The second-order valence-corrected chi connectivity index (χ2v) is 12.4. The third-order valence-corrected chi connectivity index (χ3v) is 9.42. The van der Waals surface area contributed by atoms with E-state index in [-0.39, 0.29) is 24.4 Å². The Labute approximate surface area is 255 Å². The van der Waals surface area contributed by atoms with Gasteiger partial charge in [-0.2, -0.15) is 0 Å². The van der Waals surface area contributed by atoms with Gasteiger partial charge in [0.1, 0.15) is 18.2 Å². The number of para-hydroxylation sites is 1. The number of piperidine rings is 1. The number of halogens is 2. The smallest absolute Gasteiger partial charge is 0.165 e. The van der Waals surface area contributed by atoms with Crippen molar-refractivity contribution in [2.75, 3.05) is 19.8 Å². The molecule has 1 aromatic heterocycles. The summed E-state index contributed by atoms with van der Waals surface area (Å²) < 4.78 is 35.3. The fourth-order valence-electron chi connectivity index (χ4n) is 6.62. The molecule has 0 N–H and O–H groups in total. The number of carbonyl (C=O) groups excluding carboxylic acids is 1. The first-order valence-corrected chi connectivity index (χ1v) is 15.4. The molecule has 0 saturated carbocycles. The molecule has 224 valence electrons. The van der Waals surface area contributed by atoms with Crippen molar-refractivity contribution in [3.05, 3.63) is 88.0 Å². The molecule has 0 amide bonds. The van der Waals surface area contributed by atoms with Crippen LogP contribution in [-0.2, 0) is 17.8 Å². The van der Waals surface area contributed by atoms with Gasteiger partial charge < -0.3 is 18.8 Å². The third kappa shape index (κ3) is 5.52. The van der Waals surface area contributed by atoms with Gasteiger partial charge >= 0.3 is 0 Å². The van der Waals surface area contributed by atoms with Crippen LogP contribution in [0, 0.1) is 5.82 Å². The zero-order valence-electron chi connectivity index (χ0n) is 24.4. The summed E-state index contributed by atoms with van der Waals surface area (Å²) in [4.78, 5) is 19.6. The van der Waals surface area contributed by atoms with Crippen LogP contribution in [0.2, 0.25) is 5.02 Å². The van der Waals surface area contributed by atoms with Crippen molar-refractivity contribution in [1.29, 1.82) is 0 Å². The number of likely N-dealkylation sites (tertiary alicyclic amines) is 1. The van der Waals surface area contributed by atoms with E-state index in [2.05, 4.69) is 22.5 Å². The number of rotatable bonds is 7. The molecule has 7 nitrogen and oxygen atoms in total. The summed E-state index contributed by atoms with van der Waals surface area (Å²) in [7, 11) is 0. The number of nitrogens with zero attached hydrogens (tertiary/aromatic N) is 3. The molecular formula is C34H35ClFN3O4. The van der Waals surface area contributed by atoms with Gasteiger partial charge in [0.15, 0.2) is 23.4 Å². The van der Waals surface area contributed by atoms with Gasteiger partial charge in [-0.15, -0.1) is 0 Å². The zero-order valence-corrected chi connectivity index (χ0v) is 25.1. The summed E-state index contributed by atoms with van der Waals surface area (Å²) in [6.07, 6.45) is 2.56. The number of carbonyl (C=O) groups is 1. The summed E-state index contributed by atoms with van der Waals surface area (Å²) >= 11 is 5.98. The van der Waals surface area contributed by atoms with Gasteiger partial charge in [-0.25, -0.2) is 9.37 Å². The van der Waals surface area contributed by atoms with Gasteiger partial charge in [0.2, 0.25) is 0 Å². The Morgan fingerprint density at radius 1 is 1.12 bits per heavy atom. The van der Waals surface area contributed by atoms with Crippen molar-refractivity contribution in [2.24, 2.45) is 0 Å². The first-order valence-electron chi connectivity index (χ1n) is 15.1. The highest BCUT2D eigenvalue weighted by Crippen LogP contribution is 2.45. The average molecular weight is 604 g/mol. The molecule has 2 unspecified atom stereocenters. The number of Topliss-reactive ketones (excluding diaryl/α,β-unsaturated/α-hetero) is 1. The second-order valence-electron chi connectivity index (χ2n) is 12.0. The van der Waals surface area contributed by atoms with E-state index in [0.29, 0.717) is 33.7 Å². The molecule has 3 aromatic carbocycles. The maximum absolute atomic E-state index is 14.7. The lowest BCUT2D eigenvalue weighted by molar-refractivity contribution is -0.0592. The predicted molar refractivity (Wildman–Crippen MR) is 163 cm³/mol. The van der Waals surface area contributed by atoms with Gasteiger partial charge in [0.05, 0.1) is 30.2 Å². The minimum Gasteiger partial charge on any atom is -0.485 e. The predicted octanol–water partition coefficient (Wildman–Crippen LogP) is 7.10. The molecule has 0 bridgehead atoms. The first-order chi connectivity index (χ1) is 20.8. The number of ketones is 1. The third-order valence-electron chi connectivity index (χ3n) is 9.18. The summed E-state index contributed by atoms with van der Waals surface area (Å²) in [6.45, 7) is 7.25. The van der Waals surface area contributed by atoms with Crippen LogP contribution in [0.4, 0.5) is 4.39 Å². The Kier molecular flexibility index (Phi) is 7.61. The quantitative estimate of drug-likeness (QED) is 0.210. The van der Waals surface area contributed by atoms with Gasteiger partial charge in [0, 0.05) is 34.4 Å². The summed E-state index contributed by atoms with van der Waals surface area (Å²) in [5.41, 5.74) is 4.14. The number of hydrogen-bond acceptors (Lipinski definition) is 6. The van der Waals surface area contributed by atoms with E-state index in [1.54, 1.807) is 19.1 Å². The van der Waals surface area contributed by atoms with Crippen LogP contribution in [-0.4, -0.2) is 52.1 Å². The van der Waals surface area contributed by atoms with E-state index in [1.807, 2.05) is 30.3 Å². The highest BCUT2D eigenvalue weighted by atomic mass is 35.5. The van der Waals surface area contributed by atoms with E-state index in [0.717, 1.165) is 67.9 Å². The molecule has 0 radical (unpaired) electrons. The highest BCUT2D eigenvalue weighted by Gasteiger charge is 2.34. The Bertz CT molecular complexity index is 1690. The molecule has 4 atom stereocenters. The molecule has 2 saturated heterocycles. The lowest BCUT2D eigenvalue weighted by atomic mass is 9.85. The summed E-state index contributed by atoms with van der Waals surface area (Å²) in [6, 6.07) is 16.8. The van der Waals surface area contributed by atoms with Crippen LogP contribution in [0.3, 0.4) is 0 Å². The van der Waals surface area contributed by atoms with Crippen molar-refractivity contribution in [3.8, 4) is 11.5 Å². The standard InChI is InChI=1S/C34H35ClFN3O4/c1-20-14-23(26-4-3-5-31-34(26)43-32(19-42-31)27-8-7-24(35)16-28(27)36)10-12-38(20)18-33-37-29-9-6-22(21(2)40)15-30(29)39(33)17-25-11-13-41-25/h3-9,15-16,20,23,25,32H,10-14,17-19H2,1-2H3/t20-,23?,25-,32?/m0/s1. The number of ether oxygens (including phenoxy) is 3. The minimum atomic E-state index is -0.542. The SMILES string of the molecule is CC(=O)c1ccc2nc(CN3CCC(c4cccc5c4OC(c4ccc(Cl)cc4F)CO5)C[C@@H]3C)n(C[C@@H]3CCO3)c2c1. The van der Waals surface area contributed by atoms with E-state index in [9.17, 15) is 9.18 Å². The summed E-state index contributed by atoms with van der Waals surface area (Å²) in [5.74, 6) is 2.35. The van der Waals surface area contributed by atoms with E-state index >= 15 is 0 Å². The highest BCUT2D eigenvalue weighted by molar-refractivity contribution is 6.30. The Morgan fingerprint density at radius 2 is 1.98 bits per heavy atom. The van der Waals surface area contributed by atoms with Crippen molar-refractivity contribution >= 4 is 28.4 Å². The topological polar surface area (TPSA) is 65.8 Å². The molecule has 0 aliphatic carbocycles. The minimum absolute atomic E-state index is 0.0499. The second kappa shape index (κ2) is 11.6. The Balaban J connectivity index is 1.10. The molecule has 43 heavy (non-hydrogen) atoms. The Morgan fingerprint density at radius 3 is 2.72 bits per heavy atom. The normalized spacial score (nSPS) is 23.7. The van der Waals surface area contributed by atoms with Crippen molar-refractivity contribution in [1.82, 2.24) is 14.5 Å². The van der Waals surface area contributed by atoms with Gasteiger partial charge in [-0.05, 0) is 82.0 Å². The van der Waals surface area contributed by atoms with Crippen molar-refractivity contribution in [2.45, 2.75) is 70.4 Å². The van der Waals surface area contributed by atoms with Crippen LogP contribution < -0.4 is 9.47 Å². The molecule has 7 rings (SSSR count). The first kappa shape index (κ1) is 28.3. The van der Waals surface area contributed by atoms with Crippen LogP contribution in [0.5, 0.6) is 11.5 Å². The number of imidazole rings is 1. The molecule has 4 heterocycles. The molecule has 3 aliphatic rings. The van der Waals surface area contributed by atoms with Gasteiger partial charge in [-0.3, -0.25) is 9.69 Å². The maximum Gasteiger partial charge on any atom is 0.165 e. The zero-order chi connectivity index (χ0) is 29.7. The molecule has 2 fully saturated rings. The van der Waals surface area contributed by atoms with E-state index in [1.165, 1.54) is 6.07 Å². The molecule has 4 aromatic rings. The summed E-state index contributed by atoms with van der Waals surface area (Å²) in [5, 5.41) is 0.354. The molecular weight excluding hydrogens is 569 g/mol. The number of fused-ring (bicyclic) bond motifs is 2. The largest absolute Gasteiger partial charge is 0.485 e. The molecule has 9 heteroatoms. The fourth-order valence-corrected chi connectivity index (χ4v) is 6.78. The van der Waals surface area contributed by atoms with E-state index < -0.39 is 11.9 Å². The monoisotopic (exact) mass is 603 g/mol. The van der Waals surface area contributed by atoms with Crippen molar-refractivity contribution in [3.63, 3.8) is 0 Å². The lowest BCUT2D eigenvalue weighted by Crippen LogP contribution is -2.40.